The Bertz CT molecular complexity index is 938. The van der Waals surface area contributed by atoms with E-state index in [1.807, 2.05) is 6.07 Å². The number of ketones is 1. The van der Waals surface area contributed by atoms with Gasteiger partial charge < -0.3 is 0 Å². The molecule has 1 nitrogen and oxygen atoms in total. The summed E-state index contributed by atoms with van der Waals surface area (Å²) >= 11 is 0. The largest absolute Gasteiger partial charge is 0.295 e. The van der Waals surface area contributed by atoms with Gasteiger partial charge >= 0.3 is 0 Å². The van der Waals surface area contributed by atoms with E-state index in [-0.39, 0.29) is 5.78 Å². The van der Waals surface area contributed by atoms with Crippen molar-refractivity contribution >= 4 is 11.4 Å². The molecule has 0 N–H and O–H groups in total. The first kappa shape index (κ1) is 14.0. The molecule has 2 aromatic carbocycles. The third-order valence-corrected chi connectivity index (χ3v) is 5.85. The van der Waals surface area contributed by atoms with Gasteiger partial charge in [0.15, 0.2) is 5.78 Å². The summed E-state index contributed by atoms with van der Waals surface area (Å²) in [6.45, 7) is 1.65. The highest BCUT2D eigenvalue weighted by molar-refractivity contribution is 6.05. The molecule has 0 heterocycles. The maximum absolute atomic E-state index is 11.8. The van der Waals surface area contributed by atoms with Gasteiger partial charge in [-0.2, -0.15) is 0 Å². The molecule has 0 saturated heterocycles. The first-order valence-electron chi connectivity index (χ1n) is 8.89. The zero-order chi connectivity index (χ0) is 16.3. The molecule has 24 heavy (non-hydrogen) atoms. The number of benzene rings is 2. The molecule has 0 spiro atoms. The van der Waals surface area contributed by atoms with E-state index in [1.165, 1.54) is 47.1 Å². The second kappa shape index (κ2) is 5.04. The molecule has 0 aromatic heterocycles. The number of Topliss-reactive ketones (excluding diaryl/α,β-unsaturated/α-hetero) is 1. The Morgan fingerprint density at radius 1 is 0.792 bits per heavy atom. The lowest BCUT2D eigenvalue weighted by Crippen LogP contribution is -1.94. The summed E-state index contributed by atoms with van der Waals surface area (Å²) in [7, 11) is 0. The summed E-state index contributed by atoms with van der Waals surface area (Å²) < 4.78 is 0. The first-order valence-corrected chi connectivity index (χ1v) is 8.89. The summed E-state index contributed by atoms with van der Waals surface area (Å²) in [4.78, 5) is 11.8. The molecule has 0 atom stereocenters. The summed E-state index contributed by atoms with van der Waals surface area (Å²) in [5.41, 5.74) is 12.4. The predicted octanol–water partition coefficient (Wildman–Crippen LogP) is 5.95. The lowest BCUT2D eigenvalue weighted by molar-refractivity contribution is 0.101. The van der Waals surface area contributed by atoms with Crippen molar-refractivity contribution in [3.05, 3.63) is 75.9 Å². The van der Waals surface area contributed by atoms with Crippen LogP contribution in [0.15, 0.2) is 59.2 Å². The van der Waals surface area contributed by atoms with Gasteiger partial charge in [-0.05, 0) is 72.9 Å². The first-order chi connectivity index (χ1) is 11.7. The minimum atomic E-state index is 0.137. The average Bonchev–Trinajstić information content (AvgIpc) is 3.24. The highest BCUT2D eigenvalue weighted by Gasteiger charge is 2.30. The molecule has 0 unspecified atom stereocenters. The standard InChI is InChI=1S/C23H20O/c1-14(24)15-9-10-21-22(13-15)19-7-2-3-8-20(19)23(21)18-11-16-5-4-6-17(16)12-18/h2-3,7-10,13H,4-6,11-12H2,1H3. The van der Waals surface area contributed by atoms with Gasteiger partial charge in [-0.3, -0.25) is 4.79 Å². The van der Waals surface area contributed by atoms with Crippen LogP contribution in [-0.2, 0) is 0 Å². The van der Waals surface area contributed by atoms with Gasteiger partial charge in [-0.15, -0.1) is 0 Å². The van der Waals surface area contributed by atoms with Crippen LogP contribution < -0.4 is 0 Å². The molecule has 0 amide bonds. The lowest BCUT2D eigenvalue weighted by atomic mass is 9.93. The summed E-state index contributed by atoms with van der Waals surface area (Å²) in [6, 6.07) is 14.9. The third kappa shape index (κ3) is 1.91. The van der Waals surface area contributed by atoms with Crippen LogP contribution in [0, 0.1) is 0 Å². The van der Waals surface area contributed by atoms with Gasteiger partial charge in [-0.1, -0.05) is 53.1 Å². The quantitative estimate of drug-likeness (QED) is 0.401. The second-order valence-electron chi connectivity index (χ2n) is 7.25. The van der Waals surface area contributed by atoms with Gasteiger partial charge in [0, 0.05) is 5.56 Å². The van der Waals surface area contributed by atoms with Crippen molar-refractivity contribution in [3.63, 3.8) is 0 Å². The van der Waals surface area contributed by atoms with Crippen LogP contribution in [0.5, 0.6) is 0 Å². The fourth-order valence-electron chi connectivity index (χ4n) is 4.72. The van der Waals surface area contributed by atoms with E-state index < -0.39 is 0 Å². The molecule has 3 aliphatic rings. The second-order valence-corrected chi connectivity index (χ2v) is 7.25. The third-order valence-electron chi connectivity index (χ3n) is 5.85. The summed E-state index contributed by atoms with van der Waals surface area (Å²) in [5, 5.41) is 0. The van der Waals surface area contributed by atoms with Crippen LogP contribution in [0.1, 0.15) is 60.5 Å². The van der Waals surface area contributed by atoms with Crippen LogP contribution in [0.4, 0.5) is 0 Å². The fourth-order valence-corrected chi connectivity index (χ4v) is 4.72. The highest BCUT2D eigenvalue weighted by atomic mass is 16.1. The SMILES string of the molecule is CC(=O)c1ccc2c(c1)-c1ccccc1C2=C1CC2=C(CCC2)C1. The predicted molar refractivity (Wildman–Crippen MR) is 98.0 cm³/mol. The van der Waals surface area contributed by atoms with Crippen LogP contribution >= 0.6 is 0 Å². The van der Waals surface area contributed by atoms with Crippen LogP contribution in [0.3, 0.4) is 0 Å². The lowest BCUT2D eigenvalue weighted by Gasteiger charge is -2.10. The minimum Gasteiger partial charge on any atom is -0.295 e. The van der Waals surface area contributed by atoms with Crippen LogP contribution in [0.2, 0.25) is 0 Å². The van der Waals surface area contributed by atoms with E-state index in [2.05, 4.69) is 36.4 Å². The minimum absolute atomic E-state index is 0.137. The Kier molecular flexibility index (Phi) is 2.94. The van der Waals surface area contributed by atoms with Gasteiger partial charge in [-0.25, -0.2) is 0 Å². The molecule has 0 fully saturated rings. The van der Waals surface area contributed by atoms with Gasteiger partial charge in [0.05, 0.1) is 0 Å². The average molecular weight is 312 g/mol. The topological polar surface area (TPSA) is 17.1 Å². The number of carbonyl (C=O) groups excluding carboxylic acids is 1. The van der Waals surface area contributed by atoms with E-state index in [4.69, 9.17) is 0 Å². The molecule has 0 bridgehead atoms. The molecular weight excluding hydrogens is 292 g/mol. The van der Waals surface area contributed by atoms with E-state index >= 15 is 0 Å². The zero-order valence-corrected chi connectivity index (χ0v) is 14.0. The number of allylic oxidation sites excluding steroid dienone is 3. The molecule has 1 heteroatoms. The summed E-state index contributed by atoms with van der Waals surface area (Å²) in [6.07, 6.45) is 6.26. The molecule has 0 saturated carbocycles. The summed E-state index contributed by atoms with van der Waals surface area (Å²) in [5.74, 6) is 0.137. The van der Waals surface area contributed by atoms with E-state index in [1.54, 1.807) is 23.6 Å². The van der Waals surface area contributed by atoms with E-state index in [0.29, 0.717) is 0 Å². The van der Waals surface area contributed by atoms with Crippen LogP contribution in [0.25, 0.3) is 16.7 Å². The van der Waals surface area contributed by atoms with Crippen molar-refractivity contribution in [2.75, 3.05) is 0 Å². The van der Waals surface area contributed by atoms with Gasteiger partial charge in [0.2, 0.25) is 0 Å². The Morgan fingerprint density at radius 2 is 1.46 bits per heavy atom. The monoisotopic (exact) mass is 312 g/mol. The number of hydrogen-bond acceptors (Lipinski definition) is 1. The maximum Gasteiger partial charge on any atom is 0.159 e. The normalized spacial score (nSPS) is 18.0. The van der Waals surface area contributed by atoms with Crippen LogP contribution in [-0.4, -0.2) is 5.78 Å². The maximum atomic E-state index is 11.8. The van der Waals surface area contributed by atoms with E-state index in [0.717, 1.165) is 18.4 Å². The van der Waals surface area contributed by atoms with Crippen molar-refractivity contribution in [1.82, 2.24) is 0 Å². The Balaban J connectivity index is 1.72. The van der Waals surface area contributed by atoms with Gasteiger partial charge in [0.1, 0.15) is 0 Å². The Labute approximate surface area is 142 Å². The number of carbonyl (C=O) groups is 1. The Morgan fingerprint density at radius 3 is 2.17 bits per heavy atom. The molecule has 118 valence electrons. The van der Waals surface area contributed by atoms with Crippen molar-refractivity contribution in [2.45, 2.75) is 39.0 Å². The molecule has 5 rings (SSSR count). The number of fused-ring (bicyclic) bond motifs is 3. The van der Waals surface area contributed by atoms with Gasteiger partial charge in [0.25, 0.3) is 0 Å². The zero-order valence-electron chi connectivity index (χ0n) is 14.0. The highest BCUT2D eigenvalue weighted by Crippen LogP contribution is 2.51. The fraction of sp³-hybridized carbons (Fsp3) is 0.261. The number of hydrogen-bond donors (Lipinski definition) is 0. The molecule has 0 radical (unpaired) electrons. The van der Waals surface area contributed by atoms with Crippen molar-refractivity contribution in [3.8, 4) is 11.1 Å². The molecule has 2 aromatic rings. The number of rotatable bonds is 1. The van der Waals surface area contributed by atoms with Crippen molar-refractivity contribution < 1.29 is 4.79 Å². The van der Waals surface area contributed by atoms with Crippen molar-refractivity contribution in [2.24, 2.45) is 0 Å². The smallest absolute Gasteiger partial charge is 0.159 e. The molecule has 3 aliphatic carbocycles. The molecule has 0 aliphatic heterocycles. The molecular formula is C23H20O. The van der Waals surface area contributed by atoms with Crippen molar-refractivity contribution in [1.29, 1.82) is 0 Å². The Hall–Kier alpha value is -2.41. The van der Waals surface area contributed by atoms with E-state index in [9.17, 15) is 4.79 Å².